The van der Waals surface area contributed by atoms with Crippen LogP contribution >= 0.6 is 0 Å². The van der Waals surface area contributed by atoms with Crippen LogP contribution in [0.1, 0.15) is 86.7 Å². The minimum Gasteiger partial charge on any atom is -0.490 e. The predicted molar refractivity (Wildman–Crippen MR) is 283 cm³/mol. The van der Waals surface area contributed by atoms with Gasteiger partial charge in [0.05, 0.1) is 76.7 Å². The second kappa shape index (κ2) is 23.8. The van der Waals surface area contributed by atoms with Gasteiger partial charge in [0.15, 0.2) is 0 Å². The lowest BCUT2D eigenvalue weighted by molar-refractivity contribution is -0.143. The van der Waals surface area contributed by atoms with E-state index in [9.17, 15) is 40.7 Å². The molecule has 0 aliphatic heterocycles. The van der Waals surface area contributed by atoms with Gasteiger partial charge in [0.25, 0.3) is 11.1 Å². The number of nitrogen functional groups attached to an aromatic ring is 1. The van der Waals surface area contributed by atoms with Crippen LogP contribution in [0.25, 0.3) is 32.8 Å². The summed E-state index contributed by atoms with van der Waals surface area (Å²) in [5.74, 6) is -4.79. The lowest BCUT2D eigenvalue weighted by Crippen LogP contribution is -2.27. The number of fused-ring (bicyclic) bond motifs is 3. The third kappa shape index (κ3) is 12.4. The van der Waals surface area contributed by atoms with E-state index >= 15 is 0 Å². The monoisotopic (exact) mass is 1070 g/mol. The van der Waals surface area contributed by atoms with Gasteiger partial charge < -0.3 is 34.0 Å². The molecule has 3 heterocycles. The van der Waals surface area contributed by atoms with E-state index in [4.69, 9.17) is 25.3 Å². The van der Waals surface area contributed by atoms with E-state index in [0.29, 0.717) is 78.4 Å². The van der Waals surface area contributed by atoms with Gasteiger partial charge in [-0.15, -0.1) is 0 Å². The number of carboxylic acids is 1. The number of rotatable bonds is 11. The molecular formula is C59H55F6N7O6. The largest absolute Gasteiger partial charge is 0.490 e. The molecule has 0 amide bonds. The Morgan fingerprint density at radius 1 is 0.615 bits per heavy atom. The summed E-state index contributed by atoms with van der Waals surface area (Å²) in [6, 6.07) is 28.3. The summed E-state index contributed by atoms with van der Waals surface area (Å²) in [4.78, 5) is 48.4. The fourth-order valence-electron chi connectivity index (χ4n) is 10.2. The highest BCUT2D eigenvalue weighted by molar-refractivity contribution is 5.81. The van der Waals surface area contributed by atoms with Gasteiger partial charge in [-0.05, 0) is 118 Å². The number of ether oxygens (including phenoxy) is 2. The summed E-state index contributed by atoms with van der Waals surface area (Å²) < 4.78 is 100. The molecule has 3 N–H and O–H groups in total. The number of para-hydroxylation sites is 3. The number of imidazole rings is 1. The molecule has 0 unspecified atom stereocenters. The molecule has 0 saturated heterocycles. The standard InChI is InChI=1S/C29H25F3N4O2.C22H19F3N2O4.C8H11N/c1-35-27-5-3-2-4-25(27)34-28(35)17-6-8-19(9-7-17)38-20-10-11-26-21(14-20)29(37)33-16-36(26)15-22-23(31)12-18(30)13-24(22)32;23-13-7-18(24)17(19(25)8-13)10-27-11-26-21(28)16-9-15(5-6-20(16)27)31-14-3-1-12(2-4-14)22(29)30;1-2-7-5-3-4-6-8(7)9/h2-5,10-14,16-17,19H,6-9,15H2,1H3;5-9,11-12,14H,1-4,10H2,(H,29,30);3-6H,2,9H2,1H3. The number of hydrogen-bond donors (Lipinski definition) is 2. The molecule has 2 fully saturated rings. The van der Waals surface area contributed by atoms with E-state index in [2.05, 4.69) is 40.6 Å². The van der Waals surface area contributed by atoms with Crippen LogP contribution < -0.4 is 26.3 Å². The first-order chi connectivity index (χ1) is 37.5. The van der Waals surface area contributed by atoms with Crippen molar-refractivity contribution in [1.82, 2.24) is 28.7 Å². The molecule has 3 aromatic heterocycles. The SMILES string of the molecule is CCc1ccccc1N.Cn1c(C2CCC(Oc3ccc4c(c3)c(=O)ncn4Cc3c(F)cc(F)cc3F)CC2)nc2ccccc21.O=C(O)C1CCC(Oc2ccc3c(c2)c(=O)ncn3Cc2c(F)cc(F)cc2F)CC1. The molecule has 2 aliphatic rings. The van der Waals surface area contributed by atoms with Gasteiger partial charge in [-0.3, -0.25) is 14.4 Å². The molecule has 9 aromatic rings. The van der Waals surface area contributed by atoms with Crippen LogP contribution in [0.5, 0.6) is 11.5 Å². The Balaban J connectivity index is 0.000000166. The van der Waals surface area contributed by atoms with E-state index in [-0.39, 0.29) is 53.1 Å². The molecule has 78 heavy (non-hydrogen) atoms. The fraction of sp³-hybridized carbons (Fsp3) is 0.288. The van der Waals surface area contributed by atoms with E-state index in [1.165, 1.54) is 33.4 Å². The molecule has 2 aliphatic carbocycles. The maximum Gasteiger partial charge on any atom is 0.306 e. The molecule has 2 saturated carbocycles. The first kappa shape index (κ1) is 54.3. The van der Waals surface area contributed by atoms with Crippen molar-refractivity contribution in [3.63, 3.8) is 0 Å². The van der Waals surface area contributed by atoms with Crippen LogP contribution in [0.3, 0.4) is 0 Å². The molecule has 0 radical (unpaired) electrons. The summed E-state index contributed by atoms with van der Waals surface area (Å²) in [7, 11) is 2.06. The summed E-state index contributed by atoms with van der Waals surface area (Å²) in [5.41, 5.74) is 9.10. The minimum absolute atomic E-state index is 0.000289. The molecule has 404 valence electrons. The number of carboxylic acid groups (broad SMARTS) is 1. The van der Waals surface area contributed by atoms with Crippen LogP contribution in [0.2, 0.25) is 0 Å². The number of nitrogens with zero attached hydrogens (tertiary/aromatic N) is 6. The van der Waals surface area contributed by atoms with E-state index in [0.717, 1.165) is 54.6 Å². The third-order valence-electron chi connectivity index (χ3n) is 14.4. The van der Waals surface area contributed by atoms with Crippen molar-refractivity contribution < 1.29 is 45.7 Å². The van der Waals surface area contributed by atoms with Crippen molar-refractivity contribution in [2.45, 2.75) is 95.9 Å². The Morgan fingerprint density at radius 3 is 1.53 bits per heavy atom. The Labute approximate surface area is 443 Å². The summed E-state index contributed by atoms with van der Waals surface area (Å²) in [6.07, 6.45) is 9.10. The highest BCUT2D eigenvalue weighted by atomic mass is 19.2. The van der Waals surface area contributed by atoms with Crippen LogP contribution in [0, 0.1) is 40.8 Å². The molecular weight excluding hydrogens is 1020 g/mol. The summed E-state index contributed by atoms with van der Waals surface area (Å²) in [5, 5.41) is 9.58. The smallest absolute Gasteiger partial charge is 0.306 e. The highest BCUT2D eigenvalue weighted by Gasteiger charge is 2.29. The molecule has 0 spiro atoms. The molecule has 6 aromatic carbocycles. The van der Waals surface area contributed by atoms with E-state index < -0.39 is 52.0 Å². The Bertz CT molecular complexity index is 3730. The number of nitrogens with two attached hydrogens (primary N) is 1. The molecule has 0 bridgehead atoms. The van der Waals surface area contributed by atoms with E-state index in [1.807, 2.05) is 36.4 Å². The first-order valence-electron chi connectivity index (χ1n) is 25.6. The van der Waals surface area contributed by atoms with E-state index in [1.54, 1.807) is 30.3 Å². The number of hydrogen-bond acceptors (Lipinski definition) is 9. The van der Waals surface area contributed by atoms with Gasteiger partial charge in [-0.1, -0.05) is 37.3 Å². The number of carbonyl (C=O) groups is 1. The van der Waals surface area contributed by atoms with Crippen LogP contribution in [-0.4, -0.2) is 51.9 Å². The molecule has 19 heteroatoms. The number of aliphatic carboxylic acids is 1. The van der Waals surface area contributed by atoms with Crippen molar-refractivity contribution in [3.05, 3.63) is 200 Å². The van der Waals surface area contributed by atoms with Gasteiger partial charge in [-0.2, -0.15) is 9.97 Å². The maximum absolute atomic E-state index is 14.2. The van der Waals surface area contributed by atoms with Gasteiger partial charge in [0, 0.05) is 54.0 Å². The molecule has 0 atom stereocenters. The summed E-state index contributed by atoms with van der Waals surface area (Å²) in [6.45, 7) is 1.58. The van der Waals surface area contributed by atoms with Crippen molar-refractivity contribution in [1.29, 1.82) is 0 Å². The number of halogens is 6. The Kier molecular flexibility index (Phi) is 16.6. The second-order valence-electron chi connectivity index (χ2n) is 19.5. The average molecular weight is 1070 g/mol. The molecule has 11 rings (SSSR count). The van der Waals surface area contributed by atoms with Crippen molar-refractivity contribution in [3.8, 4) is 11.5 Å². The zero-order valence-corrected chi connectivity index (χ0v) is 42.7. The first-order valence-corrected chi connectivity index (χ1v) is 25.6. The highest BCUT2D eigenvalue weighted by Crippen LogP contribution is 2.36. The van der Waals surface area contributed by atoms with Crippen molar-refractivity contribution >= 4 is 44.5 Å². The van der Waals surface area contributed by atoms with Crippen molar-refractivity contribution in [2.24, 2.45) is 13.0 Å². The van der Waals surface area contributed by atoms with Crippen molar-refractivity contribution in [2.75, 3.05) is 5.73 Å². The second-order valence-corrected chi connectivity index (χ2v) is 19.5. The Morgan fingerprint density at radius 2 is 1.08 bits per heavy atom. The van der Waals surface area contributed by atoms with Crippen LogP contribution in [0.4, 0.5) is 32.0 Å². The minimum atomic E-state index is -1.03. The Hall–Kier alpha value is -8.48. The van der Waals surface area contributed by atoms with Crippen LogP contribution in [-0.2, 0) is 31.4 Å². The fourth-order valence-corrected chi connectivity index (χ4v) is 10.2. The lowest BCUT2D eigenvalue weighted by Gasteiger charge is -2.28. The quantitative estimate of drug-likeness (QED) is 0.0939. The normalized spacial score (nSPS) is 17.2. The summed E-state index contributed by atoms with van der Waals surface area (Å²) >= 11 is 0. The third-order valence-corrected chi connectivity index (χ3v) is 14.4. The number of aryl methyl sites for hydroxylation is 2. The number of aromatic nitrogens is 6. The number of anilines is 1. The molecule has 13 nitrogen and oxygen atoms in total. The predicted octanol–water partition coefficient (Wildman–Crippen LogP) is 11.6. The van der Waals surface area contributed by atoms with Gasteiger partial charge in [0.1, 0.15) is 52.2 Å². The lowest BCUT2D eigenvalue weighted by atomic mass is 9.86. The van der Waals surface area contributed by atoms with Gasteiger partial charge in [-0.25, -0.2) is 31.3 Å². The zero-order valence-electron chi connectivity index (χ0n) is 42.7. The topological polar surface area (TPSA) is 169 Å². The maximum atomic E-state index is 14.2. The van der Waals surface area contributed by atoms with Gasteiger partial charge >= 0.3 is 5.97 Å². The van der Waals surface area contributed by atoms with Gasteiger partial charge in [0.2, 0.25) is 0 Å². The zero-order chi connectivity index (χ0) is 55.2. The number of benzene rings is 6. The average Bonchev–Trinajstić information content (AvgIpc) is 3.87. The van der Waals surface area contributed by atoms with Crippen LogP contribution in [0.15, 0.2) is 131 Å².